The quantitative estimate of drug-likeness (QED) is 0.929. The maximum atomic E-state index is 13.8. The second kappa shape index (κ2) is 5.71. The summed E-state index contributed by atoms with van der Waals surface area (Å²) in [5.41, 5.74) is 0.630. The smallest absolute Gasteiger partial charge is 0.146 e. The Hall–Kier alpha value is -0.780. The monoisotopic (exact) mass is 314 g/mol. The van der Waals surface area contributed by atoms with Crippen LogP contribution in [-0.2, 0) is 0 Å². The lowest BCUT2D eigenvalue weighted by Crippen LogP contribution is -2.22. The van der Waals surface area contributed by atoms with Gasteiger partial charge in [-0.3, -0.25) is 4.98 Å². The van der Waals surface area contributed by atoms with E-state index in [0.717, 1.165) is 15.9 Å². The summed E-state index contributed by atoms with van der Waals surface area (Å²) >= 11 is 5.10. The molecule has 0 saturated heterocycles. The molecule has 2 rings (SSSR count). The number of nitrogens with zero attached hydrogens (tertiary/aromatic N) is 1. The summed E-state index contributed by atoms with van der Waals surface area (Å²) in [6.07, 6.45) is 2.87. The molecule has 0 spiro atoms. The van der Waals surface area contributed by atoms with Crippen molar-refractivity contribution in [2.75, 3.05) is 6.54 Å². The van der Waals surface area contributed by atoms with Crippen molar-refractivity contribution in [1.29, 1.82) is 0 Å². The Kier molecular flexibility index (Phi) is 4.25. The molecule has 0 aliphatic rings. The summed E-state index contributed by atoms with van der Waals surface area (Å²) in [4.78, 5) is 4.86. The second-order valence-electron chi connectivity index (χ2n) is 3.52. The first-order valence-electron chi connectivity index (χ1n) is 5.29. The van der Waals surface area contributed by atoms with Crippen LogP contribution in [0.25, 0.3) is 0 Å². The van der Waals surface area contributed by atoms with Crippen molar-refractivity contribution in [2.24, 2.45) is 0 Å². The van der Waals surface area contributed by atoms with E-state index >= 15 is 0 Å². The van der Waals surface area contributed by atoms with Crippen LogP contribution in [0.5, 0.6) is 0 Å². The lowest BCUT2D eigenvalue weighted by atomic mass is 10.1. The summed E-state index contributed by atoms with van der Waals surface area (Å²) in [5, 5.41) is 5.28. The van der Waals surface area contributed by atoms with E-state index in [-0.39, 0.29) is 11.9 Å². The number of hydrogen-bond donors (Lipinski definition) is 1. The number of hydrogen-bond acceptors (Lipinski definition) is 3. The number of nitrogens with one attached hydrogen (secondary N) is 1. The summed E-state index contributed by atoms with van der Waals surface area (Å²) in [6.45, 7) is 2.78. The van der Waals surface area contributed by atoms with Crippen LogP contribution in [0, 0.1) is 5.82 Å². The van der Waals surface area contributed by atoms with Crippen molar-refractivity contribution >= 4 is 27.3 Å². The zero-order valence-corrected chi connectivity index (χ0v) is 11.7. The second-order valence-corrected chi connectivity index (χ2v) is 5.32. The highest BCUT2D eigenvalue weighted by atomic mass is 79.9. The van der Waals surface area contributed by atoms with Gasteiger partial charge in [0.15, 0.2) is 0 Å². The third-order valence-electron chi connectivity index (χ3n) is 2.43. The molecule has 1 N–H and O–H groups in total. The molecule has 17 heavy (non-hydrogen) atoms. The highest BCUT2D eigenvalue weighted by Crippen LogP contribution is 2.33. The lowest BCUT2D eigenvalue weighted by molar-refractivity contribution is 0.558. The summed E-state index contributed by atoms with van der Waals surface area (Å²) in [6, 6.07) is 3.57. The molecule has 5 heteroatoms. The third kappa shape index (κ3) is 2.73. The van der Waals surface area contributed by atoms with Gasteiger partial charge in [0.2, 0.25) is 0 Å². The summed E-state index contributed by atoms with van der Waals surface area (Å²) in [5.74, 6) is -0.279. The summed E-state index contributed by atoms with van der Waals surface area (Å²) in [7, 11) is 0. The van der Waals surface area contributed by atoms with E-state index in [1.807, 2.05) is 18.4 Å². The molecule has 2 nitrogen and oxygen atoms in total. The van der Waals surface area contributed by atoms with Crippen LogP contribution in [0.15, 0.2) is 34.4 Å². The molecule has 0 aliphatic carbocycles. The van der Waals surface area contributed by atoms with E-state index < -0.39 is 0 Å². The maximum Gasteiger partial charge on any atom is 0.146 e. The fourth-order valence-electron chi connectivity index (χ4n) is 1.68. The zero-order valence-electron chi connectivity index (χ0n) is 9.28. The Bertz CT molecular complexity index is 501. The van der Waals surface area contributed by atoms with Crippen molar-refractivity contribution in [1.82, 2.24) is 10.3 Å². The van der Waals surface area contributed by atoms with E-state index in [1.54, 1.807) is 23.6 Å². The van der Waals surface area contributed by atoms with Gasteiger partial charge < -0.3 is 5.32 Å². The molecule has 0 aromatic carbocycles. The van der Waals surface area contributed by atoms with Gasteiger partial charge in [0, 0.05) is 21.1 Å². The number of thiophene rings is 1. The van der Waals surface area contributed by atoms with Gasteiger partial charge >= 0.3 is 0 Å². The van der Waals surface area contributed by atoms with Gasteiger partial charge in [0.1, 0.15) is 5.82 Å². The fourth-order valence-corrected chi connectivity index (χ4v) is 3.37. The standard InChI is InChI=1S/C12H12BrFN2S/c1-2-16-11(12-9(13)4-6-17-12)8-3-5-15-7-10(8)14/h3-7,11,16H,2H2,1H3. The minimum absolute atomic E-state index is 0.127. The molecular weight excluding hydrogens is 303 g/mol. The summed E-state index contributed by atoms with van der Waals surface area (Å²) < 4.78 is 14.8. The van der Waals surface area contributed by atoms with Gasteiger partial charge in [-0.2, -0.15) is 0 Å². The van der Waals surface area contributed by atoms with Gasteiger partial charge in [0.25, 0.3) is 0 Å². The van der Waals surface area contributed by atoms with Crippen LogP contribution in [-0.4, -0.2) is 11.5 Å². The molecule has 1 unspecified atom stereocenters. The highest BCUT2D eigenvalue weighted by molar-refractivity contribution is 9.10. The first-order chi connectivity index (χ1) is 8.24. The Morgan fingerprint density at radius 1 is 1.53 bits per heavy atom. The first kappa shape index (κ1) is 12.7. The largest absolute Gasteiger partial charge is 0.306 e. The predicted molar refractivity (Wildman–Crippen MR) is 71.7 cm³/mol. The minimum Gasteiger partial charge on any atom is -0.306 e. The number of pyridine rings is 1. The molecule has 1 atom stereocenters. The number of rotatable bonds is 4. The Morgan fingerprint density at radius 2 is 2.35 bits per heavy atom. The van der Waals surface area contributed by atoms with Gasteiger partial charge in [-0.1, -0.05) is 6.92 Å². The van der Waals surface area contributed by atoms with Crippen LogP contribution < -0.4 is 5.32 Å². The molecule has 0 bridgehead atoms. The fraction of sp³-hybridized carbons (Fsp3) is 0.250. The van der Waals surface area contributed by atoms with Gasteiger partial charge in [-0.15, -0.1) is 11.3 Å². The molecule has 0 fully saturated rings. The predicted octanol–water partition coefficient (Wildman–Crippen LogP) is 3.74. The van der Waals surface area contributed by atoms with E-state index in [2.05, 4.69) is 26.2 Å². The molecule has 0 radical (unpaired) electrons. The van der Waals surface area contributed by atoms with Gasteiger partial charge in [0.05, 0.1) is 12.2 Å². The molecule has 0 amide bonds. The van der Waals surface area contributed by atoms with Crippen LogP contribution >= 0.6 is 27.3 Å². The normalized spacial score (nSPS) is 12.6. The molecular formula is C12H12BrFN2S. The average molecular weight is 315 g/mol. The number of halogens is 2. The Labute approximate surface area is 112 Å². The SMILES string of the molecule is CCNC(c1ccncc1F)c1sccc1Br. The molecule has 0 aliphatic heterocycles. The van der Waals surface area contributed by atoms with Crippen LogP contribution in [0.4, 0.5) is 4.39 Å². The van der Waals surface area contributed by atoms with Crippen molar-refractivity contribution in [3.8, 4) is 0 Å². The highest BCUT2D eigenvalue weighted by Gasteiger charge is 2.20. The minimum atomic E-state index is -0.279. The zero-order chi connectivity index (χ0) is 12.3. The molecule has 0 saturated carbocycles. The molecule has 2 aromatic rings. The Morgan fingerprint density at radius 3 is 2.94 bits per heavy atom. The molecule has 2 aromatic heterocycles. The van der Waals surface area contributed by atoms with E-state index in [1.165, 1.54) is 6.20 Å². The first-order valence-corrected chi connectivity index (χ1v) is 6.97. The van der Waals surface area contributed by atoms with Crippen molar-refractivity contribution in [3.63, 3.8) is 0 Å². The Balaban J connectivity index is 2.43. The molecule has 2 heterocycles. The van der Waals surface area contributed by atoms with E-state index in [4.69, 9.17) is 0 Å². The maximum absolute atomic E-state index is 13.8. The van der Waals surface area contributed by atoms with E-state index in [9.17, 15) is 4.39 Å². The average Bonchev–Trinajstić information content (AvgIpc) is 2.74. The van der Waals surface area contributed by atoms with Crippen LogP contribution in [0.2, 0.25) is 0 Å². The lowest BCUT2D eigenvalue weighted by Gasteiger charge is -2.18. The van der Waals surface area contributed by atoms with Crippen LogP contribution in [0.3, 0.4) is 0 Å². The number of aromatic nitrogens is 1. The van der Waals surface area contributed by atoms with Gasteiger partial charge in [-0.25, -0.2) is 4.39 Å². The van der Waals surface area contributed by atoms with E-state index in [0.29, 0.717) is 5.56 Å². The molecule has 90 valence electrons. The van der Waals surface area contributed by atoms with Crippen LogP contribution in [0.1, 0.15) is 23.4 Å². The third-order valence-corrected chi connectivity index (χ3v) is 4.37. The van der Waals surface area contributed by atoms with Crippen molar-refractivity contribution in [2.45, 2.75) is 13.0 Å². The van der Waals surface area contributed by atoms with Crippen molar-refractivity contribution < 1.29 is 4.39 Å². The topological polar surface area (TPSA) is 24.9 Å². The van der Waals surface area contributed by atoms with Gasteiger partial charge in [-0.05, 0) is 40.0 Å². The van der Waals surface area contributed by atoms with Crippen molar-refractivity contribution in [3.05, 3.63) is 50.6 Å².